The van der Waals surface area contributed by atoms with E-state index in [1.165, 1.54) is 0 Å². The summed E-state index contributed by atoms with van der Waals surface area (Å²) in [7, 11) is 1.76. The number of nitrogens with zero attached hydrogens (tertiary/aromatic N) is 2. The SMILES string of the molecule is Cn1ccnc1C(=O)c1ccc(NC(=O)C2=Cc3cc(Cl)ccc3OC2)cc1. The summed E-state index contributed by atoms with van der Waals surface area (Å²) in [5.74, 6) is 0.604. The van der Waals surface area contributed by atoms with Crippen LogP contribution in [0.25, 0.3) is 6.08 Å². The molecule has 1 aromatic heterocycles. The lowest BCUT2D eigenvalue weighted by Crippen LogP contribution is -2.21. The van der Waals surface area contributed by atoms with Gasteiger partial charge in [0.15, 0.2) is 5.82 Å². The number of anilines is 1. The van der Waals surface area contributed by atoms with Gasteiger partial charge in [0, 0.05) is 41.3 Å². The predicted octanol–water partition coefficient (Wildman–Crippen LogP) is 3.72. The number of ether oxygens (including phenoxy) is 1. The Morgan fingerprint density at radius 3 is 2.68 bits per heavy atom. The molecule has 28 heavy (non-hydrogen) atoms. The van der Waals surface area contributed by atoms with Gasteiger partial charge in [-0.1, -0.05) is 11.6 Å². The number of rotatable bonds is 4. The number of benzene rings is 2. The van der Waals surface area contributed by atoms with Crippen LogP contribution in [0.4, 0.5) is 5.69 Å². The van der Waals surface area contributed by atoms with E-state index < -0.39 is 0 Å². The number of carbonyl (C=O) groups is 2. The zero-order chi connectivity index (χ0) is 19.7. The second-order valence-electron chi connectivity index (χ2n) is 6.36. The molecule has 6 nitrogen and oxygen atoms in total. The molecule has 0 unspecified atom stereocenters. The molecule has 1 amide bonds. The third kappa shape index (κ3) is 3.54. The molecule has 7 heteroatoms. The molecular formula is C21H16ClN3O3. The summed E-state index contributed by atoms with van der Waals surface area (Å²) in [5.41, 5.74) is 2.33. The fourth-order valence-electron chi connectivity index (χ4n) is 2.91. The van der Waals surface area contributed by atoms with Crippen LogP contribution in [0, 0.1) is 0 Å². The minimum atomic E-state index is -0.270. The van der Waals surface area contributed by atoms with E-state index >= 15 is 0 Å². The van der Waals surface area contributed by atoms with Gasteiger partial charge in [0.05, 0.1) is 5.57 Å². The lowest BCUT2D eigenvalue weighted by molar-refractivity contribution is -0.113. The molecular weight excluding hydrogens is 378 g/mol. The molecule has 1 aliphatic rings. The number of hydrogen-bond acceptors (Lipinski definition) is 4. The number of hydrogen-bond donors (Lipinski definition) is 1. The van der Waals surface area contributed by atoms with Gasteiger partial charge < -0.3 is 14.6 Å². The predicted molar refractivity (Wildman–Crippen MR) is 107 cm³/mol. The van der Waals surface area contributed by atoms with Crippen molar-refractivity contribution in [2.24, 2.45) is 7.05 Å². The Morgan fingerprint density at radius 2 is 1.96 bits per heavy atom. The zero-order valence-corrected chi connectivity index (χ0v) is 15.7. The Morgan fingerprint density at radius 1 is 1.18 bits per heavy atom. The second kappa shape index (κ2) is 7.32. The standard InChI is InChI=1S/C21H16ClN3O3/c1-25-9-8-23-20(25)19(26)13-2-5-17(6-3-13)24-21(27)15-10-14-11-16(22)4-7-18(14)28-12-15/h2-11H,12H2,1H3,(H,24,27). The summed E-state index contributed by atoms with van der Waals surface area (Å²) in [6.45, 7) is 0.177. The number of halogens is 1. The van der Waals surface area contributed by atoms with Crippen molar-refractivity contribution in [1.29, 1.82) is 0 Å². The van der Waals surface area contributed by atoms with E-state index in [1.807, 2.05) is 0 Å². The normalized spacial score (nSPS) is 12.6. The van der Waals surface area contributed by atoms with Gasteiger partial charge >= 0.3 is 0 Å². The molecule has 0 bridgehead atoms. The highest BCUT2D eigenvalue weighted by molar-refractivity contribution is 6.30. The second-order valence-corrected chi connectivity index (χ2v) is 6.80. The maximum atomic E-state index is 12.5. The first kappa shape index (κ1) is 18.0. The van der Waals surface area contributed by atoms with E-state index in [1.54, 1.807) is 72.5 Å². The molecule has 2 aromatic carbocycles. The first-order valence-electron chi connectivity index (χ1n) is 8.57. The molecule has 0 fully saturated rings. The van der Waals surface area contributed by atoms with Gasteiger partial charge in [0.25, 0.3) is 5.91 Å². The summed E-state index contributed by atoms with van der Waals surface area (Å²) in [6.07, 6.45) is 5.05. The molecule has 1 aliphatic heterocycles. The van der Waals surface area contributed by atoms with Gasteiger partial charge in [-0.3, -0.25) is 9.59 Å². The average molecular weight is 394 g/mol. The van der Waals surface area contributed by atoms with Crippen molar-refractivity contribution in [2.75, 3.05) is 11.9 Å². The minimum absolute atomic E-state index is 0.177. The van der Waals surface area contributed by atoms with Crippen LogP contribution in [-0.4, -0.2) is 27.8 Å². The first-order valence-corrected chi connectivity index (χ1v) is 8.95. The molecule has 1 N–H and O–H groups in total. The average Bonchev–Trinajstić information content (AvgIpc) is 3.13. The molecule has 0 saturated heterocycles. The molecule has 0 atom stereocenters. The molecule has 140 valence electrons. The summed E-state index contributed by atoms with van der Waals surface area (Å²) in [5, 5.41) is 3.39. The topological polar surface area (TPSA) is 73.2 Å². The van der Waals surface area contributed by atoms with Crippen LogP contribution in [0.2, 0.25) is 5.02 Å². The van der Waals surface area contributed by atoms with Crippen molar-refractivity contribution in [3.8, 4) is 5.75 Å². The maximum Gasteiger partial charge on any atom is 0.255 e. The van der Waals surface area contributed by atoms with Gasteiger partial charge in [-0.05, 0) is 48.5 Å². The minimum Gasteiger partial charge on any atom is -0.488 e. The van der Waals surface area contributed by atoms with Crippen molar-refractivity contribution in [3.05, 3.63) is 82.4 Å². The van der Waals surface area contributed by atoms with Gasteiger partial charge in [-0.15, -0.1) is 0 Å². The van der Waals surface area contributed by atoms with Gasteiger partial charge in [-0.2, -0.15) is 0 Å². The number of aromatic nitrogens is 2. The lowest BCUT2D eigenvalue weighted by atomic mass is 10.1. The van der Waals surface area contributed by atoms with Crippen molar-refractivity contribution in [1.82, 2.24) is 9.55 Å². The number of nitrogens with one attached hydrogen (secondary N) is 1. The smallest absolute Gasteiger partial charge is 0.255 e. The Hall–Kier alpha value is -3.38. The highest BCUT2D eigenvalue weighted by Gasteiger charge is 2.18. The van der Waals surface area contributed by atoms with Crippen LogP contribution in [0.3, 0.4) is 0 Å². The van der Waals surface area contributed by atoms with Crippen molar-refractivity contribution in [3.63, 3.8) is 0 Å². The Balaban J connectivity index is 1.48. The largest absolute Gasteiger partial charge is 0.488 e. The molecule has 0 saturated carbocycles. The highest BCUT2D eigenvalue weighted by atomic mass is 35.5. The van der Waals surface area contributed by atoms with E-state index in [9.17, 15) is 9.59 Å². The van der Waals surface area contributed by atoms with Gasteiger partial charge in [0.1, 0.15) is 12.4 Å². The maximum absolute atomic E-state index is 12.5. The molecule has 0 aliphatic carbocycles. The van der Waals surface area contributed by atoms with Crippen LogP contribution >= 0.6 is 11.6 Å². The van der Waals surface area contributed by atoms with E-state index in [4.69, 9.17) is 16.3 Å². The third-order valence-corrected chi connectivity index (χ3v) is 4.64. The van der Waals surface area contributed by atoms with Crippen LogP contribution in [0.5, 0.6) is 5.75 Å². The highest BCUT2D eigenvalue weighted by Crippen LogP contribution is 2.29. The Bertz CT molecular complexity index is 1100. The Kier molecular flexibility index (Phi) is 4.71. The summed E-state index contributed by atoms with van der Waals surface area (Å²) in [6, 6.07) is 12.0. The number of imidazole rings is 1. The Labute approximate surface area is 166 Å². The number of carbonyl (C=O) groups excluding carboxylic acids is 2. The quantitative estimate of drug-likeness (QED) is 0.685. The summed E-state index contributed by atoms with van der Waals surface area (Å²) >= 11 is 6.00. The van der Waals surface area contributed by atoms with Crippen molar-refractivity contribution >= 4 is 35.1 Å². The monoisotopic (exact) mass is 393 g/mol. The molecule has 4 rings (SSSR count). The summed E-state index contributed by atoms with van der Waals surface area (Å²) in [4.78, 5) is 29.0. The number of amides is 1. The van der Waals surface area contributed by atoms with E-state index in [-0.39, 0.29) is 18.3 Å². The molecule has 2 heterocycles. The molecule has 0 spiro atoms. The van der Waals surface area contributed by atoms with Crippen LogP contribution in [0.1, 0.15) is 21.7 Å². The fourth-order valence-corrected chi connectivity index (χ4v) is 3.09. The van der Waals surface area contributed by atoms with Crippen molar-refractivity contribution < 1.29 is 14.3 Å². The van der Waals surface area contributed by atoms with Crippen LogP contribution < -0.4 is 10.1 Å². The number of aryl methyl sites for hydroxylation is 1. The van der Waals surface area contributed by atoms with Gasteiger partial charge in [0.2, 0.25) is 5.78 Å². The lowest BCUT2D eigenvalue weighted by Gasteiger charge is -2.18. The van der Waals surface area contributed by atoms with E-state index in [0.29, 0.717) is 33.4 Å². The van der Waals surface area contributed by atoms with Crippen LogP contribution in [-0.2, 0) is 11.8 Å². The van der Waals surface area contributed by atoms with Crippen molar-refractivity contribution in [2.45, 2.75) is 0 Å². The number of ketones is 1. The van der Waals surface area contributed by atoms with Gasteiger partial charge in [-0.25, -0.2) is 4.98 Å². The number of fused-ring (bicyclic) bond motifs is 1. The molecule has 3 aromatic rings. The first-order chi connectivity index (χ1) is 13.5. The van der Waals surface area contributed by atoms with E-state index in [2.05, 4.69) is 10.3 Å². The van der Waals surface area contributed by atoms with Crippen LogP contribution in [0.15, 0.2) is 60.4 Å². The summed E-state index contributed by atoms with van der Waals surface area (Å²) < 4.78 is 7.28. The fraction of sp³-hybridized carbons (Fsp3) is 0.0952. The zero-order valence-electron chi connectivity index (χ0n) is 15.0. The molecule has 0 radical (unpaired) electrons. The van der Waals surface area contributed by atoms with E-state index in [0.717, 1.165) is 5.56 Å². The third-order valence-electron chi connectivity index (χ3n) is 4.41.